The molecular formula is C22H22FN3O2. The van der Waals surface area contributed by atoms with Crippen LogP contribution in [0.3, 0.4) is 0 Å². The van der Waals surface area contributed by atoms with E-state index in [9.17, 15) is 9.18 Å². The van der Waals surface area contributed by atoms with E-state index >= 15 is 0 Å². The summed E-state index contributed by atoms with van der Waals surface area (Å²) in [5.41, 5.74) is 2.84. The fourth-order valence-corrected chi connectivity index (χ4v) is 3.94. The summed E-state index contributed by atoms with van der Waals surface area (Å²) >= 11 is 0. The molecule has 4 rings (SSSR count). The van der Waals surface area contributed by atoms with Gasteiger partial charge in [0.05, 0.1) is 19.3 Å². The van der Waals surface area contributed by atoms with E-state index in [0.29, 0.717) is 29.3 Å². The van der Waals surface area contributed by atoms with Crippen LogP contribution in [0.2, 0.25) is 0 Å². The quantitative estimate of drug-likeness (QED) is 0.729. The maximum Gasteiger partial charge on any atom is 0.254 e. The number of rotatable bonds is 4. The van der Waals surface area contributed by atoms with Crippen molar-refractivity contribution < 1.29 is 13.9 Å². The largest absolute Gasteiger partial charge is 0.496 e. The van der Waals surface area contributed by atoms with Gasteiger partial charge in [0, 0.05) is 35.0 Å². The summed E-state index contributed by atoms with van der Waals surface area (Å²) in [5.74, 6) is 0.518. The second kappa shape index (κ2) is 7.46. The van der Waals surface area contributed by atoms with Crippen molar-refractivity contribution in [1.82, 2.24) is 15.1 Å². The molecule has 2 aromatic carbocycles. The summed E-state index contributed by atoms with van der Waals surface area (Å²) in [4.78, 5) is 15.1. The van der Waals surface area contributed by atoms with Crippen LogP contribution in [-0.2, 0) is 0 Å². The molecule has 28 heavy (non-hydrogen) atoms. The van der Waals surface area contributed by atoms with E-state index in [-0.39, 0.29) is 17.8 Å². The van der Waals surface area contributed by atoms with E-state index in [1.807, 2.05) is 12.1 Å². The molecule has 3 aromatic rings. The summed E-state index contributed by atoms with van der Waals surface area (Å²) in [5, 5.41) is 6.74. The van der Waals surface area contributed by atoms with E-state index in [0.717, 1.165) is 17.5 Å². The molecule has 2 atom stereocenters. The number of aromatic nitrogens is 2. The van der Waals surface area contributed by atoms with E-state index in [2.05, 4.69) is 17.1 Å². The van der Waals surface area contributed by atoms with Crippen LogP contribution in [0.15, 0.2) is 54.9 Å². The lowest BCUT2D eigenvalue weighted by molar-refractivity contribution is 0.0730. The number of aromatic amines is 1. The van der Waals surface area contributed by atoms with Crippen molar-refractivity contribution in [3.63, 3.8) is 0 Å². The molecule has 144 valence electrons. The Balaban J connectivity index is 1.67. The van der Waals surface area contributed by atoms with Crippen molar-refractivity contribution in [2.45, 2.75) is 19.4 Å². The minimum Gasteiger partial charge on any atom is -0.496 e. The maximum absolute atomic E-state index is 14.4. The number of likely N-dealkylation sites (tertiary alicyclic amines) is 1. The number of halogens is 1. The van der Waals surface area contributed by atoms with Crippen LogP contribution >= 0.6 is 0 Å². The predicted octanol–water partition coefficient (Wildman–Crippen LogP) is 4.45. The molecule has 0 spiro atoms. The molecule has 0 radical (unpaired) electrons. The van der Waals surface area contributed by atoms with Crippen molar-refractivity contribution in [2.75, 3.05) is 13.7 Å². The van der Waals surface area contributed by atoms with E-state index < -0.39 is 0 Å². The van der Waals surface area contributed by atoms with Gasteiger partial charge in [-0.15, -0.1) is 0 Å². The third-order valence-corrected chi connectivity index (χ3v) is 5.29. The number of benzene rings is 2. The summed E-state index contributed by atoms with van der Waals surface area (Å²) in [6.07, 6.45) is 4.22. The van der Waals surface area contributed by atoms with Crippen LogP contribution in [0, 0.1) is 11.7 Å². The minimum absolute atomic E-state index is 0.116. The first-order valence-corrected chi connectivity index (χ1v) is 9.31. The molecule has 1 amide bonds. The van der Waals surface area contributed by atoms with E-state index in [1.165, 1.54) is 6.07 Å². The van der Waals surface area contributed by atoms with Crippen molar-refractivity contribution in [3.8, 4) is 16.9 Å². The van der Waals surface area contributed by atoms with Gasteiger partial charge in [-0.1, -0.05) is 25.1 Å². The van der Waals surface area contributed by atoms with Crippen LogP contribution in [-0.4, -0.2) is 34.7 Å². The summed E-state index contributed by atoms with van der Waals surface area (Å²) in [7, 11) is 1.58. The van der Waals surface area contributed by atoms with Crippen molar-refractivity contribution >= 4 is 5.91 Å². The van der Waals surface area contributed by atoms with Gasteiger partial charge in [0.2, 0.25) is 0 Å². The Morgan fingerprint density at radius 2 is 2.11 bits per heavy atom. The molecule has 5 nitrogen and oxygen atoms in total. The average molecular weight is 379 g/mol. The van der Waals surface area contributed by atoms with Crippen molar-refractivity contribution in [3.05, 3.63) is 71.8 Å². The van der Waals surface area contributed by atoms with Crippen LogP contribution in [0.4, 0.5) is 4.39 Å². The molecule has 0 bridgehead atoms. The van der Waals surface area contributed by atoms with Gasteiger partial charge in [-0.25, -0.2) is 4.39 Å². The van der Waals surface area contributed by atoms with Gasteiger partial charge in [-0.05, 0) is 36.6 Å². The van der Waals surface area contributed by atoms with Crippen LogP contribution < -0.4 is 4.74 Å². The number of methoxy groups -OCH3 is 1. The first kappa shape index (κ1) is 18.2. The molecule has 1 fully saturated rings. The normalized spacial score (nSPS) is 19.0. The lowest BCUT2D eigenvalue weighted by atomic mass is 10.00. The molecule has 1 aliphatic rings. The van der Waals surface area contributed by atoms with Crippen molar-refractivity contribution in [1.29, 1.82) is 0 Å². The number of hydrogen-bond donors (Lipinski definition) is 1. The number of ether oxygens (including phenoxy) is 1. The second-order valence-electron chi connectivity index (χ2n) is 7.24. The Hall–Kier alpha value is -3.15. The molecule has 1 aromatic heterocycles. The zero-order valence-electron chi connectivity index (χ0n) is 15.9. The lowest BCUT2D eigenvalue weighted by Gasteiger charge is -2.26. The summed E-state index contributed by atoms with van der Waals surface area (Å²) < 4.78 is 19.9. The molecular weight excluding hydrogens is 357 g/mol. The molecule has 1 N–H and O–H groups in total. The maximum atomic E-state index is 14.4. The number of nitrogens with zero attached hydrogens (tertiary/aromatic N) is 2. The number of carbonyl (C=O) groups is 1. The molecule has 6 heteroatoms. The van der Waals surface area contributed by atoms with Gasteiger partial charge in [0.15, 0.2) is 0 Å². The Morgan fingerprint density at radius 1 is 1.29 bits per heavy atom. The van der Waals surface area contributed by atoms with Gasteiger partial charge in [0.25, 0.3) is 5.91 Å². The number of nitrogens with one attached hydrogen (secondary N) is 1. The van der Waals surface area contributed by atoms with E-state index in [4.69, 9.17) is 4.74 Å². The monoisotopic (exact) mass is 379 g/mol. The average Bonchev–Trinajstić information content (AvgIpc) is 3.37. The smallest absolute Gasteiger partial charge is 0.254 e. The second-order valence-corrected chi connectivity index (χ2v) is 7.24. The third-order valence-electron chi connectivity index (χ3n) is 5.29. The molecule has 0 aliphatic carbocycles. The van der Waals surface area contributed by atoms with Crippen LogP contribution in [0.25, 0.3) is 11.1 Å². The topological polar surface area (TPSA) is 58.2 Å². The molecule has 1 unspecified atom stereocenters. The van der Waals surface area contributed by atoms with Gasteiger partial charge >= 0.3 is 0 Å². The van der Waals surface area contributed by atoms with Gasteiger partial charge < -0.3 is 9.64 Å². The minimum atomic E-state index is -0.271. The lowest BCUT2D eigenvalue weighted by Crippen LogP contribution is -2.31. The summed E-state index contributed by atoms with van der Waals surface area (Å²) in [6, 6.07) is 11.8. The SMILES string of the molecule is COc1cc(C(=O)N2CC(C)C[C@@H]2c2ccccc2F)ccc1-c1cn[nH]c1. The molecule has 1 saturated heterocycles. The number of hydrogen-bond acceptors (Lipinski definition) is 3. The number of H-pyrrole nitrogens is 1. The van der Waals surface area contributed by atoms with Gasteiger partial charge in [0.1, 0.15) is 11.6 Å². The number of carbonyl (C=O) groups excluding carboxylic acids is 1. The molecule has 2 heterocycles. The summed E-state index contributed by atoms with van der Waals surface area (Å²) in [6.45, 7) is 2.69. The predicted molar refractivity (Wildman–Crippen MR) is 105 cm³/mol. The standard InChI is InChI=1S/C22H22FN3O2/c1-14-9-20(18-5-3-4-6-19(18)23)26(13-14)22(27)15-7-8-17(21(10-15)28-2)16-11-24-25-12-16/h3-8,10-12,14,20H,9,13H2,1-2H3,(H,24,25)/t14?,20-/m1/s1. The van der Waals surface area contributed by atoms with Crippen LogP contribution in [0.5, 0.6) is 5.75 Å². The Morgan fingerprint density at radius 3 is 2.82 bits per heavy atom. The Kier molecular flexibility index (Phi) is 4.86. The highest BCUT2D eigenvalue weighted by Crippen LogP contribution is 2.38. The van der Waals surface area contributed by atoms with Crippen LogP contribution in [0.1, 0.15) is 35.3 Å². The van der Waals surface area contributed by atoms with Gasteiger partial charge in [-0.2, -0.15) is 5.10 Å². The van der Waals surface area contributed by atoms with Gasteiger partial charge in [-0.3, -0.25) is 9.89 Å². The van der Waals surface area contributed by atoms with Crippen molar-refractivity contribution in [2.24, 2.45) is 5.92 Å². The first-order chi connectivity index (χ1) is 13.6. The Bertz CT molecular complexity index is 987. The third kappa shape index (κ3) is 3.26. The number of amides is 1. The highest BCUT2D eigenvalue weighted by Gasteiger charge is 2.36. The molecule has 0 saturated carbocycles. The highest BCUT2D eigenvalue weighted by molar-refractivity contribution is 5.96. The first-order valence-electron chi connectivity index (χ1n) is 9.31. The fourth-order valence-electron chi connectivity index (χ4n) is 3.94. The Labute approximate surface area is 163 Å². The van der Waals surface area contributed by atoms with E-state index in [1.54, 1.807) is 48.7 Å². The fraction of sp³-hybridized carbons (Fsp3) is 0.273. The highest BCUT2D eigenvalue weighted by atomic mass is 19.1. The zero-order valence-corrected chi connectivity index (χ0v) is 15.9. The molecule has 1 aliphatic heterocycles. The zero-order chi connectivity index (χ0) is 19.7.